The second kappa shape index (κ2) is 6.09. The topological polar surface area (TPSA) is 35.5 Å². The molecule has 0 aliphatic heterocycles. The fourth-order valence-electron chi connectivity index (χ4n) is 2.11. The lowest BCUT2D eigenvalue weighted by Crippen LogP contribution is -2.16. The van der Waals surface area contributed by atoms with Gasteiger partial charge in [0.1, 0.15) is 11.3 Å². The van der Waals surface area contributed by atoms with Gasteiger partial charge in [-0.15, -0.1) is 0 Å². The molecule has 19 heavy (non-hydrogen) atoms. The molecule has 1 rings (SSSR count). The summed E-state index contributed by atoms with van der Waals surface area (Å²) in [6.45, 7) is 14.1. The van der Waals surface area contributed by atoms with Crippen LogP contribution in [0.3, 0.4) is 0 Å². The van der Waals surface area contributed by atoms with Gasteiger partial charge in [0.15, 0.2) is 0 Å². The van der Waals surface area contributed by atoms with E-state index >= 15 is 0 Å². The van der Waals surface area contributed by atoms with Crippen LogP contribution < -0.4 is 4.74 Å². The average Bonchev–Trinajstić information content (AvgIpc) is 2.33. The van der Waals surface area contributed by atoms with E-state index in [0.717, 1.165) is 16.7 Å². The van der Waals surface area contributed by atoms with E-state index in [0.29, 0.717) is 17.9 Å². The summed E-state index contributed by atoms with van der Waals surface area (Å²) in [6, 6.07) is 0. The van der Waals surface area contributed by atoms with Crippen molar-refractivity contribution in [3.05, 3.63) is 27.8 Å². The van der Waals surface area contributed by atoms with Crippen LogP contribution in [0.5, 0.6) is 5.75 Å². The Morgan fingerprint density at radius 2 is 1.53 bits per heavy atom. The van der Waals surface area contributed by atoms with Crippen molar-refractivity contribution in [3.63, 3.8) is 0 Å². The maximum absolute atomic E-state index is 12.2. The number of carbonyl (C=O) groups is 1. The van der Waals surface area contributed by atoms with Gasteiger partial charge in [0.05, 0.1) is 12.7 Å². The van der Waals surface area contributed by atoms with Crippen LogP contribution in [-0.2, 0) is 4.74 Å². The van der Waals surface area contributed by atoms with Crippen LogP contribution >= 0.6 is 0 Å². The van der Waals surface area contributed by atoms with Crippen molar-refractivity contribution in [2.24, 2.45) is 0 Å². The summed E-state index contributed by atoms with van der Waals surface area (Å²) in [5.74, 6) is 0.357. The fourth-order valence-corrected chi connectivity index (χ4v) is 2.11. The molecule has 0 amide bonds. The number of benzene rings is 1. The molecule has 0 saturated carbocycles. The molecule has 3 nitrogen and oxygen atoms in total. The van der Waals surface area contributed by atoms with E-state index in [9.17, 15) is 4.79 Å². The highest BCUT2D eigenvalue weighted by atomic mass is 16.5. The van der Waals surface area contributed by atoms with Gasteiger partial charge in [0.2, 0.25) is 0 Å². The van der Waals surface area contributed by atoms with E-state index in [1.165, 1.54) is 5.56 Å². The summed E-state index contributed by atoms with van der Waals surface area (Å²) in [4.78, 5) is 12.2. The van der Waals surface area contributed by atoms with Gasteiger partial charge in [0, 0.05) is 0 Å². The van der Waals surface area contributed by atoms with E-state index in [1.807, 2.05) is 41.5 Å². The van der Waals surface area contributed by atoms with Gasteiger partial charge in [-0.25, -0.2) is 4.79 Å². The summed E-state index contributed by atoms with van der Waals surface area (Å²) < 4.78 is 11.0. The SMILES string of the molecule is CCOC(=O)c1c(C)c(C)c(C)c(C)c1OC(C)C. The van der Waals surface area contributed by atoms with Crippen LogP contribution in [0.1, 0.15) is 53.4 Å². The first-order chi connectivity index (χ1) is 8.81. The van der Waals surface area contributed by atoms with Crippen molar-refractivity contribution in [2.45, 2.75) is 54.6 Å². The minimum atomic E-state index is -0.304. The van der Waals surface area contributed by atoms with E-state index in [1.54, 1.807) is 0 Å². The van der Waals surface area contributed by atoms with Crippen molar-refractivity contribution in [2.75, 3.05) is 6.61 Å². The number of hydrogen-bond acceptors (Lipinski definition) is 3. The molecule has 0 atom stereocenters. The molecule has 0 aliphatic carbocycles. The number of ether oxygens (including phenoxy) is 2. The van der Waals surface area contributed by atoms with E-state index in [-0.39, 0.29) is 12.1 Å². The molecule has 0 bridgehead atoms. The standard InChI is InChI=1S/C16H24O3/c1-8-18-16(17)14-12(6)10(4)11(5)13(7)15(14)19-9(2)3/h9H,8H2,1-7H3. The number of carbonyl (C=O) groups excluding carboxylic acids is 1. The molecule has 1 aromatic carbocycles. The van der Waals surface area contributed by atoms with Gasteiger partial charge in [-0.3, -0.25) is 0 Å². The summed E-state index contributed by atoms with van der Waals surface area (Å²) >= 11 is 0. The Morgan fingerprint density at radius 1 is 1.00 bits per heavy atom. The summed E-state index contributed by atoms with van der Waals surface area (Å²) in [6.07, 6.45) is 0.0217. The molecule has 0 fully saturated rings. The Morgan fingerprint density at radius 3 is 2.00 bits per heavy atom. The molecular weight excluding hydrogens is 240 g/mol. The van der Waals surface area contributed by atoms with Crippen molar-refractivity contribution >= 4 is 5.97 Å². The zero-order valence-electron chi connectivity index (χ0n) is 13.0. The zero-order chi connectivity index (χ0) is 14.7. The van der Waals surface area contributed by atoms with Crippen LogP contribution in [0.15, 0.2) is 0 Å². The number of esters is 1. The quantitative estimate of drug-likeness (QED) is 0.774. The minimum absolute atomic E-state index is 0.0217. The maximum Gasteiger partial charge on any atom is 0.342 e. The monoisotopic (exact) mass is 264 g/mol. The lowest BCUT2D eigenvalue weighted by molar-refractivity contribution is 0.0519. The normalized spacial score (nSPS) is 10.7. The lowest BCUT2D eigenvalue weighted by Gasteiger charge is -2.21. The molecule has 0 aliphatic rings. The predicted molar refractivity (Wildman–Crippen MR) is 77.1 cm³/mol. The maximum atomic E-state index is 12.2. The summed E-state index contributed by atoms with van der Waals surface area (Å²) in [7, 11) is 0. The van der Waals surface area contributed by atoms with Crippen LogP contribution in [0, 0.1) is 27.7 Å². The Bertz CT molecular complexity index is 488. The first-order valence-electron chi connectivity index (χ1n) is 6.75. The minimum Gasteiger partial charge on any atom is -0.490 e. The van der Waals surface area contributed by atoms with E-state index in [4.69, 9.17) is 9.47 Å². The van der Waals surface area contributed by atoms with Crippen molar-refractivity contribution < 1.29 is 14.3 Å². The van der Waals surface area contributed by atoms with Crippen molar-refractivity contribution in [1.29, 1.82) is 0 Å². The van der Waals surface area contributed by atoms with Gasteiger partial charge < -0.3 is 9.47 Å². The second-order valence-electron chi connectivity index (χ2n) is 5.09. The molecular formula is C16H24O3. The van der Waals surface area contributed by atoms with Gasteiger partial charge in [-0.1, -0.05) is 0 Å². The molecule has 0 aromatic heterocycles. The van der Waals surface area contributed by atoms with Crippen molar-refractivity contribution in [3.8, 4) is 5.75 Å². The molecule has 106 valence electrons. The zero-order valence-corrected chi connectivity index (χ0v) is 13.0. The Labute approximate surface area is 115 Å². The molecule has 3 heteroatoms. The molecule has 0 radical (unpaired) electrons. The Kier molecular flexibility index (Phi) is 4.98. The largest absolute Gasteiger partial charge is 0.490 e. The van der Waals surface area contributed by atoms with E-state index < -0.39 is 0 Å². The van der Waals surface area contributed by atoms with Gasteiger partial charge >= 0.3 is 5.97 Å². The van der Waals surface area contributed by atoms with Gasteiger partial charge in [0.25, 0.3) is 0 Å². The molecule has 0 spiro atoms. The first-order valence-corrected chi connectivity index (χ1v) is 6.75. The molecule has 0 saturated heterocycles. The average molecular weight is 264 g/mol. The van der Waals surface area contributed by atoms with Gasteiger partial charge in [-0.2, -0.15) is 0 Å². The van der Waals surface area contributed by atoms with Crippen LogP contribution in [0.2, 0.25) is 0 Å². The molecule has 1 aromatic rings. The number of hydrogen-bond donors (Lipinski definition) is 0. The highest BCUT2D eigenvalue weighted by Crippen LogP contribution is 2.34. The van der Waals surface area contributed by atoms with Crippen LogP contribution in [-0.4, -0.2) is 18.7 Å². The molecule has 0 N–H and O–H groups in total. The Balaban J connectivity index is 3.52. The third-order valence-electron chi connectivity index (χ3n) is 3.46. The third kappa shape index (κ3) is 3.09. The third-order valence-corrected chi connectivity index (χ3v) is 3.46. The number of rotatable bonds is 4. The Hall–Kier alpha value is -1.51. The van der Waals surface area contributed by atoms with Gasteiger partial charge in [-0.05, 0) is 70.7 Å². The molecule has 0 heterocycles. The van der Waals surface area contributed by atoms with Crippen molar-refractivity contribution in [1.82, 2.24) is 0 Å². The van der Waals surface area contributed by atoms with Crippen LogP contribution in [0.25, 0.3) is 0 Å². The molecule has 0 unspecified atom stereocenters. The van der Waals surface area contributed by atoms with Crippen LogP contribution in [0.4, 0.5) is 0 Å². The summed E-state index contributed by atoms with van der Waals surface area (Å²) in [5.41, 5.74) is 4.81. The highest BCUT2D eigenvalue weighted by Gasteiger charge is 2.23. The summed E-state index contributed by atoms with van der Waals surface area (Å²) in [5, 5.41) is 0. The highest BCUT2D eigenvalue weighted by molar-refractivity contribution is 5.95. The second-order valence-corrected chi connectivity index (χ2v) is 5.09. The predicted octanol–water partition coefficient (Wildman–Crippen LogP) is 3.88. The lowest BCUT2D eigenvalue weighted by atomic mass is 9.93. The van der Waals surface area contributed by atoms with E-state index in [2.05, 4.69) is 6.92 Å². The first kappa shape index (κ1) is 15.5. The fraction of sp³-hybridized carbons (Fsp3) is 0.562. The smallest absolute Gasteiger partial charge is 0.342 e.